The number of fused-ring (bicyclic) bond motifs is 1. The number of carbonyl (C=O) groups is 1. The molecule has 0 aliphatic heterocycles. The Bertz CT molecular complexity index is 849. The highest BCUT2D eigenvalue weighted by Crippen LogP contribution is 2.39. The summed E-state index contributed by atoms with van der Waals surface area (Å²) in [6.45, 7) is 4.89. The first-order valence-electron chi connectivity index (χ1n) is 5.97. The lowest BCUT2D eigenvalue weighted by Crippen LogP contribution is -2.23. The number of hydrogen-bond acceptors (Lipinski definition) is 3. The number of carboxylic acid groups (broad SMARTS) is 1. The third-order valence-corrected chi connectivity index (χ3v) is 4.40. The summed E-state index contributed by atoms with van der Waals surface area (Å²) in [5.41, 5.74) is -1.25. The maximum atomic E-state index is 14.1. The maximum Gasteiger partial charge on any atom is 0.416 e. The molecule has 0 fully saturated rings. The van der Waals surface area contributed by atoms with Gasteiger partial charge in [0.05, 0.1) is 11.2 Å². The lowest BCUT2D eigenvalue weighted by atomic mass is 9.92. The summed E-state index contributed by atoms with van der Waals surface area (Å²) in [5, 5.41) is 9.34. The molecule has 2 aromatic rings. The SMILES string of the molecule is CC(C)(C)c1c(S(=O)(=O)Cl)c2cccc(F)c2n1C(=O)O. The number of benzene rings is 1. The largest absolute Gasteiger partial charge is 0.464 e. The van der Waals surface area contributed by atoms with E-state index in [0.29, 0.717) is 4.57 Å². The Morgan fingerprint density at radius 2 is 1.90 bits per heavy atom. The van der Waals surface area contributed by atoms with E-state index in [1.165, 1.54) is 12.1 Å². The van der Waals surface area contributed by atoms with E-state index in [-0.39, 0.29) is 21.5 Å². The van der Waals surface area contributed by atoms with Crippen LogP contribution in [0.15, 0.2) is 23.1 Å². The van der Waals surface area contributed by atoms with Crippen LogP contribution in [-0.4, -0.2) is 24.2 Å². The molecular formula is C13H13ClFNO4S. The Hall–Kier alpha value is -1.60. The fourth-order valence-corrected chi connectivity index (χ4v) is 3.91. The van der Waals surface area contributed by atoms with Gasteiger partial charge in [-0.15, -0.1) is 0 Å². The van der Waals surface area contributed by atoms with Gasteiger partial charge in [-0.05, 0) is 6.07 Å². The van der Waals surface area contributed by atoms with Crippen LogP contribution in [-0.2, 0) is 14.5 Å². The number of halogens is 2. The third-order valence-electron chi connectivity index (χ3n) is 3.04. The highest BCUT2D eigenvalue weighted by molar-refractivity contribution is 8.14. The smallest absolute Gasteiger partial charge is 0.416 e. The summed E-state index contributed by atoms with van der Waals surface area (Å²) >= 11 is 0. The van der Waals surface area contributed by atoms with Crippen molar-refractivity contribution >= 4 is 36.7 Å². The van der Waals surface area contributed by atoms with Gasteiger partial charge in [0.2, 0.25) is 0 Å². The molecular weight excluding hydrogens is 321 g/mol. The van der Waals surface area contributed by atoms with Crippen LogP contribution in [0.5, 0.6) is 0 Å². The minimum absolute atomic E-state index is 0.0441. The van der Waals surface area contributed by atoms with Gasteiger partial charge in [-0.2, -0.15) is 0 Å². The van der Waals surface area contributed by atoms with Crippen LogP contribution < -0.4 is 0 Å². The molecule has 0 aliphatic rings. The van der Waals surface area contributed by atoms with Crippen LogP contribution in [0.3, 0.4) is 0 Å². The Labute approximate surface area is 125 Å². The lowest BCUT2D eigenvalue weighted by molar-refractivity contribution is 0.195. The van der Waals surface area contributed by atoms with Crippen LogP contribution in [0, 0.1) is 5.82 Å². The molecule has 0 spiro atoms. The van der Waals surface area contributed by atoms with Crippen molar-refractivity contribution in [2.45, 2.75) is 31.1 Å². The van der Waals surface area contributed by atoms with Gasteiger partial charge in [0, 0.05) is 21.5 Å². The Morgan fingerprint density at radius 3 is 2.33 bits per heavy atom. The molecule has 0 unspecified atom stereocenters. The van der Waals surface area contributed by atoms with Gasteiger partial charge in [0.15, 0.2) is 0 Å². The molecule has 1 N–H and O–H groups in total. The molecule has 0 radical (unpaired) electrons. The fourth-order valence-electron chi connectivity index (χ4n) is 2.38. The van der Waals surface area contributed by atoms with Crippen molar-refractivity contribution in [3.63, 3.8) is 0 Å². The molecule has 2 rings (SSSR count). The number of para-hydroxylation sites is 1. The lowest BCUT2D eigenvalue weighted by Gasteiger charge is -2.21. The fraction of sp³-hybridized carbons (Fsp3) is 0.308. The van der Waals surface area contributed by atoms with Crippen molar-refractivity contribution in [2.75, 3.05) is 0 Å². The van der Waals surface area contributed by atoms with Crippen LogP contribution >= 0.6 is 10.7 Å². The number of hydrogen-bond donors (Lipinski definition) is 1. The highest BCUT2D eigenvalue weighted by Gasteiger charge is 2.35. The molecule has 8 heteroatoms. The molecule has 114 valence electrons. The Morgan fingerprint density at radius 1 is 1.33 bits per heavy atom. The van der Waals surface area contributed by atoms with Crippen molar-refractivity contribution < 1.29 is 22.7 Å². The predicted octanol–water partition coefficient (Wildman–Crippen LogP) is 3.53. The molecule has 1 aromatic heterocycles. The summed E-state index contributed by atoms with van der Waals surface area (Å²) in [4.78, 5) is 11.2. The van der Waals surface area contributed by atoms with E-state index in [2.05, 4.69) is 0 Å². The van der Waals surface area contributed by atoms with E-state index < -0.39 is 26.4 Å². The highest BCUT2D eigenvalue weighted by atomic mass is 35.7. The summed E-state index contributed by atoms with van der Waals surface area (Å²) < 4.78 is 38.5. The van der Waals surface area contributed by atoms with Gasteiger partial charge in [0.25, 0.3) is 9.05 Å². The molecule has 0 aliphatic carbocycles. The first-order valence-corrected chi connectivity index (χ1v) is 8.28. The zero-order valence-electron chi connectivity index (χ0n) is 11.5. The summed E-state index contributed by atoms with van der Waals surface area (Å²) in [6.07, 6.45) is -1.47. The number of aromatic nitrogens is 1. The molecule has 0 atom stereocenters. The van der Waals surface area contributed by atoms with Gasteiger partial charge in [-0.3, -0.25) is 0 Å². The maximum absolute atomic E-state index is 14.1. The summed E-state index contributed by atoms with van der Waals surface area (Å²) in [5.74, 6) is -0.827. The zero-order valence-corrected chi connectivity index (χ0v) is 13.1. The van der Waals surface area contributed by atoms with Gasteiger partial charge in [0.1, 0.15) is 10.7 Å². The van der Waals surface area contributed by atoms with Gasteiger partial charge < -0.3 is 5.11 Å². The topological polar surface area (TPSA) is 76.4 Å². The Balaban J connectivity index is 3.22. The second kappa shape index (κ2) is 4.71. The van der Waals surface area contributed by atoms with Crippen molar-refractivity contribution in [3.05, 3.63) is 29.7 Å². The van der Waals surface area contributed by atoms with Gasteiger partial charge >= 0.3 is 6.09 Å². The standard InChI is InChI=1S/C13H13ClFNO4S/c1-13(2,3)11-10(21(14,19)20)7-5-4-6-8(15)9(7)16(11)12(17)18/h4-6H,1-3H3,(H,17,18). The quantitative estimate of drug-likeness (QED) is 0.810. The first-order chi connectivity index (χ1) is 9.46. The van der Waals surface area contributed by atoms with Crippen LogP contribution in [0.25, 0.3) is 10.9 Å². The van der Waals surface area contributed by atoms with Crippen molar-refractivity contribution in [3.8, 4) is 0 Å². The molecule has 5 nitrogen and oxygen atoms in total. The first kappa shape index (κ1) is 15.8. The molecule has 0 amide bonds. The zero-order chi connectivity index (χ0) is 16.2. The van der Waals surface area contributed by atoms with E-state index in [9.17, 15) is 22.7 Å². The molecule has 1 heterocycles. The Kier molecular flexibility index (Phi) is 3.54. The summed E-state index contributed by atoms with van der Waals surface area (Å²) in [6, 6.07) is 3.71. The second-order valence-electron chi connectivity index (χ2n) is 5.62. The van der Waals surface area contributed by atoms with Crippen molar-refractivity contribution in [1.29, 1.82) is 0 Å². The molecule has 0 saturated heterocycles. The second-order valence-corrected chi connectivity index (χ2v) is 8.12. The van der Waals surface area contributed by atoms with Crippen LogP contribution in [0.4, 0.5) is 9.18 Å². The monoisotopic (exact) mass is 333 g/mol. The van der Waals surface area contributed by atoms with Gasteiger partial charge in [-0.1, -0.05) is 32.9 Å². The molecule has 21 heavy (non-hydrogen) atoms. The minimum atomic E-state index is -4.25. The van der Waals surface area contributed by atoms with E-state index >= 15 is 0 Å². The molecule has 0 saturated carbocycles. The van der Waals surface area contributed by atoms with E-state index in [0.717, 1.165) is 6.07 Å². The predicted molar refractivity (Wildman–Crippen MR) is 77.1 cm³/mol. The average molecular weight is 334 g/mol. The van der Waals surface area contributed by atoms with Crippen molar-refractivity contribution in [2.24, 2.45) is 0 Å². The number of nitrogens with zero attached hydrogens (tertiary/aromatic N) is 1. The molecule has 1 aromatic carbocycles. The molecule has 0 bridgehead atoms. The third kappa shape index (κ3) is 2.51. The van der Waals surface area contributed by atoms with Crippen LogP contribution in [0.2, 0.25) is 0 Å². The number of rotatable bonds is 1. The minimum Gasteiger partial charge on any atom is -0.464 e. The average Bonchev–Trinajstić information content (AvgIpc) is 2.64. The van der Waals surface area contributed by atoms with E-state index in [4.69, 9.17) is 10.7 Å². The van der Waals surface area contributed by atoms with E-state index in [1.54, 1.807) is 20.8 Å². The summed E-state index contributed by atoms with van der Waals surface area (Å²) in [7, 11) is 1.21. The van der Waals surface area contributed by atoms with Gasteiger partial charge in [-0.25, -0.2) is 22.2 Å². The van der Waals surface area contributed by atoms with Crippen molar-refractivity contribution in [1.82, 2.24) is 4.57 Å². The van der Waals surface area contributed by atoms with Crippen LogP contribution in [0.1, 0.15) is 26.5 Å². The van der Waals surface area contributed by atoms with E-state index in [1.807, 2.05) is 0 Å². The normalized spacial score (nSPS) is 12.8.